The third kappa shape index (κ3) is 4.27. The van der Waals surface area contributed by atoms with Crippen LogP contribution in [-0.4, -0.2) is 21.6 Å². The van der Waals surface area contributed by atoms with Crippen LogP contribution in [0.1, 0.15) is 23.0 Å². The van der Waals surface area contributed by atoms with Crippen LogP contribution in [0.3, 0.4) is 0 Å². The Hall–Kier alpha value is -3.45. The fraction of sp³-hybridized carbons (Fsp3) is 0.100. The van der Waals surface area contributed by atoms with E-state index in [9.17, 15) is 14.4 Å². The lowest BCUT2D eigenvalue weighted by molar-refractivity contribution is -0.117. The number of benzene rings is 2. The van der Waals surface area contributed by atoms with Crippen molar-refractivity contribution in [1.29, 1.82) is 0 Å². The first kappa shape index (κ1) is 19.3. The van der Waals surface area contributed by atoms with Gasteiger partial charge in [0.25, 0.3) is 17.4 Å². The van der Waals surface area contributed by atoms with E-state index in [-0.39, 0.29) is 11.3 Å². The molecule has 0 aliphatic carbocycles. The van der Waals surface area contributed by atoms with Crippen molar-refractivity contribution >= 4 is 40.3 Å². The molecular weight excluding hydrogens is 380 g/mol. The van der Waals surface area contributed by atoms with Crippen LogP contribution in [0.2, 0.25) is 5.02 Å². The SMILES string of the molecule is CCn1nc(C(=O)NNC(=O)/C=C/c2ccc(Cl)cc2)c2ccccc2c1=O. The van der Waals surface area contributed by atoms with E-state index in [1.165, 1.54) is 10.8 Å². The van der Waals surface area contributed by atoms with Crippen LogP contribution < -0.4 is 16.4 Å². The van der Waals surface area contributed by atoms with Crippen molar-refractivity contribution in [3.05, 3.63) is 81.2 Å². The summed E-state index contributed by atoms with van der Waals surface area (Å²) in [5, 5.41) is 5.51. The molecule has 7 nitrogen and oxygen atoms in total. The molecule has 0 radical (unpaired) electrons. The highest BCUT2D eigenvalue weighted by molar-refractivity contribution is 6.30. The van der Waals surface area contributed by atoms with Crippen molar-refractivity contribution in [3.8, 4) is 0 Å². The van der Waals surface area contributed by atoms with Gasteiger partial charge in [0.15, 0.2) is 5.69 Å². The smallest absolute Gasteiger partial charge is 0.268 e. The highest BCUT2D eigenvalue weighted by atomic mass is 35.5. The van der Waals surface area contributed by atoms with E-state index < -0.39 is 11.8 Å². The van der Waals surface area contributed by atoms with Crippen molar-refractivity contribution in [2.75, 3.05) is 0 Å². The Morgan fingerprint density at radius 3 is 2.43 bits per heavy atom. The summed E-state index contributed by atoms with van der Waals surface area (Å²) in [5.41, 5.74) is 5.19. The van der Waals surface area contributed by atoms with Crippen LogP contribution in [0, 0.1) is 0 Å². The summed E-state index contributed by atoms with van der Waals surface area (Å²) in [6.07, 6.45) is 2.87. The molecule has 3 rings (SSSR count). The molecule has 0 saturated carbocycles. The van der Waals surface area contributed by atoms with E-state index in [4.69, 9.17) is 11.6 Å². The summed E-state index contributed by atoms with van der Waals surface area (Å²) in [5.74, 6) is -1.14. The number of nitrogens with one attached hydrogen (secondary N) is 2. The van der Waals surface area contributed by atoms with Crippen molar-refractivity contribution in [2.24, 2.45) is 0 Å². The predicted molar refractivity (Wildman–Crippen MR) is 108 cm³/mol. The van der Waals surface area contributed by atoms with Crippen molar-refractivity contribution in [2.45, 2.75) is 13.5 Å². The number of aromatic nitrogens is 2. The minimum Gasteiger partial charge on any atom is -0.268 e. The number of aryl methyl sites for hydroxylation is 1. The molecule has 0 bridgehead atoms. The largest absolute Gasteiger partial charge is 0.290 e. The van der Waals surface area contributed by atoms with Crippen molar-refractivity contribution in [3.63, 3.8) is 0 Å². The van der Waals surface area contributed by atoms with Gasteiger partial charge in [0.1, 0.15) is 0 Å². The van der Waals surface area contributed by atoms with Gasteiger partial charge in [0.05, 0.1) is 5.39 Å². The van der Waals surface area contributed by atoms with Gasteiger partial charge in [-0.3, -0.25) is 25.2 Å². The Labute approximate surface area is 165 Å². The molecule has 1 aromatic heterocycles. The highest BCUT2D eigenvalue weighted by Gasteiger charge is 2.16. The number of nitrogens with zero attached hydrogens (tertiary/aromatic N) is 2. The fourth-order valence-electron chi connectivity index (χ4n) is 2.58. The summed E-state index contributed by atoms with van der Waals surface area (Å²) in [4.78, 5) is 36.8. The molecule has 0 aliphatic heterocycles. The molecule has 28 heavy (non-hydrogen) atoms. The van der Waals surface area contributed by atoms with Gasteiger partial charge >= 0.3 is 0 Å². The molecule has 3 aromatic rings. The third-order valence-corrected chi connectivity index (χ3v) is 4.23. The average molecular weight is 397 g/mol. The number of carbonyl (C=O) groups is 2. The number of carbonyl (C=O) groups excluding carboxylic acids is 2. The quantitative estimate of drug-likeness (QED) is 0.523. The van der Waals surface area contributed by atoms with Gasteiger partial charge in [0, 0.05) is 23.0 Å². The van der Waals surface area contributed by atoms with Crippen LogP contribution in [0.25, 0.3) is 16.8 Å². The van der Waals surface area contributed by atoms with Crippen LogP contribution in [-0.2, 0) is 11.3 Å². The lowest BCUT2D eigenvalue weighted by Gasteiger charge is -2.10. The van der Waals surface area contributed by atoms with Gasteiger partial charge < -0.3 is 0 Å². The number of hydrogen-bond donors (Lipinski definition) is 2. The standard InChI is InChI=1S/C20H17ClN4O3/c1-2-25-20(28)16-6-4-3-5-15(16)18(24-25)19(27)23-22-17(26)12-9-13-7-10-14(21)11-8-13/h3-12H,2H2,1H3,(H,22,26)(H,23,27)/b12-9+. The molecule has 0 spiro atoms. The van der Waals surface area contributed by atoms with Gasteiger partial charge in [-0.15, -0.1) is 0 Å². The molecule has 142 valence electrons. The van der Waals surface area contributed by atoms with Crippen molar-refractivity contribution < 1.29 is 9.59 Å². The van der Waals surface area contributed by atoms with Crippen LogP contribution in [0.5, 0.6) is 0 Å². The second kappa shape index (κ2) is 8.49. The summed E-state index contributed by atoms with van der Waals surface area (Å²) >= 11 is 5.81. The maximum Gasteiger partial charge on any atom is 0.290 e. The third-order valence-electron chi connectivity index (χ3n) is 3.98. The normalized spacial score (nSPS) is 10.9. The fourth-order valence-corrected chi connectivity index (χ4v) is 2.71. The predicted octanol–water partition coefficient (Wildman–Crippen LogP) is 2.54. The molecule has 0 saturated heterocycles. The second-order valence-corrected chi connectivity index (χ2v) is 6.28. The molecule has 2 N–H and O–H groups in total. The molecule has 0 atom stereocenters. The molecule has 8 heteroatoms. The Bertz CT molecular complexity index is 1120. The molecule has 0 unspecified atom stereocenters. The first-order chi connectivity index (χ1) is 13.5. The summed E-state index contributed by atoms with van der Waals surface area (Å²) in [6, 6.07) is 13.6. The Morgan fingerprint density at radius 1 is 1.07 bits per heavy atom. The monoisotopic (exact) mass is 396 g/mol. The molecule has 2 amide bonds. The number of rotatable bonds is 4. The zero-order valence-electron chi connectivity index (χ0n) is 15.0. The second-order valence-electron chi connectivity index (χ2n) is 5.84. The van der Waals surface area contributed by atoms with E-state index in [1.54, 1.807) is 61.5 Å². The molecule has 0 aliphatic rings. The first-order valence-electron chi connectivity index (χ1n) is 8.53. The molecule has 2 aromatic carbocycles. The van der Waals surface area contributed by atoms with Gasteiger partial charge in [-0.1, -0.05) is 41.9 Å². The van der Waals surface area contributed by atoms with Crippen LogP contribution in [0.4, 0.5) is 0 Å². The Kier molecular flexibility index (Phi) is 5.86. The van der Waals surface area contributed by atoms with Crippen molar-refractivity contribution in [1.82, 2.24) is 20.6 Å². The van der Waals surface area contributed by atoms with Gasteiger partial charge in [-0.2, -0.15) is 5.10 Å². The lowest BCUT2D eigenvalue weighted by atomic mass is 10.1. The number of fused-ring (bicyclic) bond motifs is 1. The highest BCUT2D eigenvalue weighted by Crippen LogP contribution is 2.13. The minimum absolute atomic E-state index is 0.0547. The van der Waals surface area contributed by atoms with E-state index in [0.29, 0.717) is 22.3 Å². The van der Waals surface area contributed by atoms with Gasteiger partial charge in [0.2, 0.25) is 0 Å². The molecule has 1 heterocycles. The van der Waals surface area contributed by atoms with Gasteiger partial charge in [-0.05, 0) is 36.8 Å². The number of hydrogen-bond acceptors (Lipinski definition) is 4. The zero-order chi connectivity index (χ0) is 20.1. The minimum atomic E-state index is -0.619. The number of halogens is 1. The first-order valence-corrected chi connectivity index (χ1v) is 8.91. The molecule has 0 fully saturated rings. The summed E-state index contributed by atoms with van der Waals surface area (Å²) < 4.78 is 1.21. The van der Waals surface area contributed by atoms with E-state index in [1.807, 2.05) is 0 Å². The number of hydrazine groups is 1. The summed E-state index contributed by atoms with van der Waals surface area (Å²) in [6.45, 7) is 2.08. The zero-order valence-corrected chi connectivity index (χ0v) is 15.7. The van der Waals surface area contributed by atoms with E-state index in [0.717, 1.165) is 5.56 Å². The molecular formula is C20H17ClN4O3. The van der Waals surface area contributed by atoms with Crippen LogP contribution in [0.15, 0.2) is 59.4 Å². The topological polar surface area (TPSA) is 93.1 Å². The van der Waals surface area contributed by atoms with Gasteiger partial charge in [-0.25, -0.2) is 4.68 Å². The Balaban J connectivity index is 1.74. The number of amides is 2. The average Bonchev–Trinajstić information content (AvgIpc) is 2.72. The maximum absolute atomic E-state index is 12.5. The van der Waals surface area contributed by atoms with E-state index in [2.05, 4.69) is 16.0 Å². The Morgan fingerprint density at radius 2 is 1.75 bits per heavy atom. The van der Waals surface area contributed by atoms with E-state index >= 15 is 0 Å². The summed E-state index contributed by atoms with van der Waals surface area (Å²) in [7, 11) is 0. The van der Waals surface area contributed by atoms with Crippen LogP contribution >= 0.6 is 11.6 Å². The lowest BCUT2D eigenvalue weighted by Crippen LogP contribution is -2.42. The maximum atomic E-state index is 12.5.